The fourth-order valence-corrected chi connectivity index (χ4v) is 6.05. The van der Waals surface area contributed by atoms with Gasteiger partial charge in [0, 0.05) is 22.7 Å². The number of allylic oxidation sites excluding steroid dienone is 1. The molecule has 184 valence electrons. The van der Waals surface area contributed by atoms with E-state index in [0.717, 1.165) is 16.9 Å². The van der Waals surface area contributed by atoms with E-state index in [4.69, 9.17) is 11.6 Å². The van der Waals surface area contributed by atoms with Crippen molar-refractivity contribution in [3.8, 4) is 0 Å². The molecule has 2 atom stereocenters. The van der Waals surface area contributed by atoms with Crippen LogP contribution in [0.4, 0.5) is 15.8 Å². The third-order valence-electron chi connectivity index (χ3n) is 6.97. The number of hydrogen-bond acceptors (Lipinski definition) is 4. The van der Waals surface area contributed by atoms with Crippen LogP contribution in [0.3, 0.4) is 0 Å². The van der Waals surface area contributed by atoms with Crippen molar-refractivity contribution in [1.82, 2.24) is 0 Å². The minimum atomic E-state index is -0.708. The first-order chi connectivity index (χ1) is 18.0. The van der Waals surface area contributed by atoms with Crippen LogP contribution in [0.25, 0.3) is 0 Å². The second-order valence-electron chi connectivity index (χ2n) is 9.22. The summed E-state index contributed by atoms with van der Waals surface area (Å²) in [5.74, 6) is -0.657. The zero-order valence-corrected chi connectivity index (χ0v) is 21.2. The SMILES string of the molecule is O=C1C[C@H](c2ccc(Cl)cc2)CC2=C1[C@H](c1ccc(F)cc1)N(C(=O)c1cccs1)c1ccccc1N2. The Morgan fingerprint density at radius 2 is 1.65 bits per heavy atom. The van der Waals surface area contributed by atoms with E-state index in [0.29, 0.717) is 39.6 Å². The molecule has 3 aromatic carbocycles. The average Bonchev–Trinajstić information content (AvgIpc) is 3.39. The van der Waals surface area contributed by atoms with E-state index in [-0.39, 0.29) is 23.4 Å². The molecule has 0 spiro atoms. The summed E-state index contributed by atoms with van der Waals surface area (Å²) in [7, 11) is 0. The molecule has 7 heteroatoms. The molecule has 1 aliphatic carbocycles. The molecular formula is C30H22ClFN2O2S. The molecule has 0 saturated carbocycles. The number of anilines is 2. The first-order valence-corrected chi connectivity index (χ1v) is 13.3. The van der Waals surface area contributed by atoms with Crippen LogP contribution >= 0.6 is 22.9 Å². The maximum absolute atomic E-state index is 14.0. The van der Waals surface area contributed by atoms with Gasteiger partial charge in [-0.15, -0.1) is 11.3 Å². The van der Waals surface area contributed by atoms with Crippen LogP contribution < -0.4 is 10.2 Å². The number of carbonyl (C=O) groups excluding carboxylic acids is 2. The fraction of sp³-hybridized carbons (Fsp3) is 0.133. The lowest BCUT2D eigenvalue weighted by Crippen LogP contribution is -2.38. The normalized spacial score (nSPS) is 19.1. The van der Waals surface area contributed by atoms with Gasteiger partial charge in [0.2, 0.25) is 0 Å². The van der Waals surface area contributed by atoms with Crippen molar-refractivity contribution in [2.75, 3.05) is 10.2 Å². The predicted molar refractivity (Wildman–Crippen MR) is 146 cm³/mol. The second-order valence-corrected chi connectivity index (χ2v) is 10.6. The second kappa shape index (κ2) is 9.61. The highest BCUT2D eigenvalue weighted by Gasteiger charge is 2.42. The number of amides is 1. The summed E-state index contributed by atoms with van der Waals surface area (Å²) in [4.78, 5) is 30.2. The first kappa shape index (κ1) is 23.6. The highest BCUT2D eigenvalue weighted by molar-refractivity contribution is 7.12. The summed E-state index contributed by atoms with van der Waals surface area (Å²) in [5, 5.41) is 6.01. The van der Waals surface area contributed by atoms with Crippen molar-refractivity contribution < 1.29 is 14.0 Å². The van der Waals surface area contributed by atoms with Gasteiger partial charge in [-0.3, -0.25) is 14.5 Å². The molecule has 0 saturated heterocycles. The van der Waals surface area contributed by atoms with Crippen molar-refractivity contribution in [3.05, 3.63) is 128 Å². The molecule has 1 aliphatic heterocycles. The zero-order valence-electron chi connectivity index (χ0n) is 19.7. The Bertz CT molecular complexity index is 1510. The molecule has 0 fully saturated rings. The maximum atomic E-state index is 14.0. The number of thiophene rings is 1. The summed E-state index contributed by atoms with van der Waals surface area (Å²) in [5.41, 5.74) is 4.44. The third kappa shape index (κ3) is 4.37. The van der Waals surface area contributed by atoms with Crippen molar-refractivity contribution >= 4 is 46.0 Å². The number of rotatable bonds is 3. The standard InChI is InChI=1S/C30H22ClFN2O2S/c31-21-11-7-18(8-12-21)20-16-24-28(26(35)17-20)29(19-9-13-22(32)14-10-19)34(30(36)27-6-3-15-37-27)25-5-2-1-4-23(25)33-24/h1-15,20,29,33H,16-17H2/t20-,29+/m1/s1. The molecule has 0 unspecified atom stereocenters. The van der Waals surface area contributed by atoms with E-state index in [1.807, 2.05) is 60.0 Å². The molecule has 2 heterocycles. The number of carbonyl (C=O) groups is 2. The lowest BCUT2D eigenvalue weighted by atomic mass is 9.78. The predicted octanol–water partition coefficient (Wildman–Crippen LogP) is 7.76. The Balaban J connectivity index is 1.55. The number of Topliss-reactive ketones (excluding diaryl/α,β-unsaturated/α-hetero) is 1. The first-order valence-electron chi connectivity index (χ1n) is 12.0. The molecule has 1 amide bonds. The largest absolute Gasteiger partial charge is 0.357 e. The summed E-state index contributed by atoms with van der Waals surface area (Å²) >= 11 is 7.45. The molecule has 0 radical (unpaired) electrons. The smallest absolute Gasteiger partial charge is 0.269 e. The van der Waals surface area contributed by atoms with Gasteiger partial charge in [0.15, 0.2) is 5.78 Å². The van der Waals surface area contributed by atoms with Gasteiger partial charge < -0.3 is 5.32 Å². The van der Waals surface area contributed by atoms with E-state index in [1.165, 1.54) is 23.5 Å². The number of hydrogen-bond donors (Lipinski definition) is 1. The molecule has 37 heavy (non-hydrogen) atoms. The van der Waals surface area contributed by atoms with Gasteiger partial charge in [0.05, 0.1) is 22.3 Å². The number of ketones is 1. The summed E-state index contributed by atoms with van der Waals surface area (Å²) < 4.78 is 13.9. The maximum Gasteiger partial charge on any atom is 0.269 e. The molecule has 2 aliphatic rings. The Kier molecular flexibility index (Phi) is 6.14. The van der Waals surface area contributed by atoms with E-state index >= 15 is 0 Å². The van der Waals surface area contributed by atoms with Crippen LogP contribution in [0.1, 0.15) is 45.6 Å². The molecule has 6 rings (SSSR count). The Morgan fingerprint density at radius 1 is 0.919 bits per heavy atom. The Morgan fingerprint density at radius 3 is 2.38 bits per heavy atom. The summed E-state index contributed by atoms with van der Waals surface area (Å²) in [6.07, 6.45) is 0.896. The molecule has 1 aromatic heterocycles. The number of para-hydroxylation sites is 2. The lowest BCUT2D eigenvalue weighted by Gasteiger charge is -2.35. The van der Waals surface area contributed by atoms with E-state index in [2.05, 4.69) is 5.32 Å². The lowest BCUT2D eigenvalue weighted by molar-refractivity contribution is -0.116. The highest BCUT2D eigenvalue weighted by atomic mass is 35.5. The average molecular weight is 529 g/mol. The van der Waals surface area contributed by atoms with Crippen molar-refractivity contribution in [2.45, 2.75) is 24.8 Å². The van der Waals surface area contributed by atoms with Gasteiger partial charge in [-0.1, -0.05) is 54.1 Å². The van der Waals surface area contributed by atoms with Crippen LogP contribution in [-0.2, 0) is 4.79 Å². The monoisotopic (exact) mass is 528 g/mol. The topological polar surface area (TPSA) is 49.4 Å². The number of fused-ring (bicyclic) bond motifs is 1. The number of benzene rings is 3. The highest BCUT2D eigenvalue weighted by Crippen LogP contribution is 2.48. The Labute approximate surface area is 223 Å². The van der Waals surface area contributed by atoms with Crippen molar-refractivity contribution in [1.29, 1.82) is 0 Å². The van der Waals surface area contributed by atoms with Crippen molar-refractivity contribution in [3.63, 3.8) is 0 Å². The van der Waals surface area contributed by atoms with Crippen LogP contribution in [-0.4, -0.2) is 11.7 Å². The van der Waals surface area contributed by atoms with Crippen LogP contribution in [0.15, 0.2) is 102 Å². The molecule has 1 N–H and O–H groups in total. The fourth-order valence-electron chi connectivity index (χ4n) is 5.26. The molecular weight excluding hydrogens is 507 g/mol. The van der Waals surface area contributed by atoms with E-state index in [1.54, 1.807) is 23.1 Å². The molecule has 4 aromatic rings. The van der Waals surface area contributed by atoms with Crippen LogP contribution in [0, 0.1) is 5.82 Å². The Hall–Kier alpha value is -3.74. The summed E-state index contributed by atoms with van der Waals surface area (Å²) in [6, 6.07) is 24.1. The quantitative estimate of drug-likeness (QED) is 0.295. The minimum Gasteiger partial charge on any atom is -0.357 e. The van der Waals surface area contributed by atoms with Crippen LogP contribution in [0.5, 0.6) is 0 Å². The van der Waals surface area contributed by atoms with Gasteiger partial charge >= 0.3 is 0 Å². The zero-order chi connectivity index (χ0) is 25.5. The molecule has 0 bridgehead atoms. The molecule has 4 nitrogen and oxygen atoms in total. The summed E-state index contributed by atoms with van der Waals surface area (Å²) in [6.45, 7) is 0. The van der Waals surface area contributed by atoms with Crippen LogP contribution in [0.2, 0.25) is 5.02 Å². The van der Waals surface area contributed by atoms with Gasteiger partial charge in [-0.25, -0.2) is 4.39 Å². The number of nitrogens with one attached hydrogen (secondary N) is 1. The van der Waals surface area contributed by atoms with Gasteiger partial charge in [-0.05, 0) is 71.3 Å². The number of nitrogens with zero attached hydrogens (tertiary/aromatic N) is 1. The number of halogens is 2. The minimum absolute atomic E-state index is 0.0309. The van der Waals surface area contributed by atoms with E-state index < -0.39 is 6.04 Å². The van der Waals surface area contributed by atoms with E-state index in [9.17, 15) is 14.0 Å². The van der Waals surface area contributed by atoms with Gasteiger partial charge in [0.25, 0.3) is 5.91 Å². The van der Waals surface area contributed by atoms with Gasteiger partial charge in [0.1, 0.15) is 5.82 Å². The van der Waals surface area contributed by atoms with Crippen molar-refractivity contribution in [2.24, 2.45) is 0 Å². The third-order valence-corrected chi connectivity index (χ3v) is 8.08. The van der Waals surface area contributed by atoms with Gasteiger partial charge in [-0.2, -0.15) is 0 Å².